The lowest BCUT2D eigenvalue weighted by atomic mass is 10.2. The van der Waals surface area contributed by atoms with Gasteiger partial charge in [-0.2, -0.15) is 10.1 Å². The van der Waals surface area contributed by atoms with Crippen molar-refractivity contribution >= 4 is 17.6 Å². The first-order valence-electron chi connectivity index (χ1n) is 8.93. The Labute approximate surface area is 175 Å². The predicted octanol–water partition coefficient (Wildman–Crippen LogP) is 3.60. The molecule has 0 bridgehead atoms. The topological polar surface area (TPSA) is 100 Å². The van der Waals surface area contributed by atoms with Gasteiger partial charge in [0.15, 0.2) is 6.61 Å². The summed E-state index contributed by atoms with van der Waals surface area (Å²) in [6, 6.07) is 17.4. The number of hydrogen-bond donors (Lipinski definition) is 0. The van der Waals surface area contributed by atoms with E-state index in [-0.39, 0.29) is 18.2 Å². The maximum atomic E-state index is 12.4. The molecule has 0 saturated heterocycles. The first-order chi connectivity index (χ1) is 14.5. The Kier molecular flexibility index (Phi) is 5.40. The van der Waals surface area contributed by atoms with Crippen LogP contribution in [-0.2, 0) is 11.3 Å². The number of ether oxygens (including phenoxy) is 1. The molecule has 4 aromatic rings. The first kappa shape index (κ1) is 19.5. The van der Waals surface area contributed by atoms with Crippen molar-refractivity contribution in [1.29, 1.82) is 0 Å². The molecule has 0 spiro atoms. The summed E-state index contributed by atoms with van der Waals surface area (Å²) in [5.41, 5.74) is 1.14. The van der Waals surface area contributed by atoms with Crippen molar-refractivity contribution in [2.75, 3.05) is 0 Å². The van der Waals surface area contributed by atoms with Crippen LogP contribution in [0.5, 0.6) is 0 Å². The van der Waals surface area contributed by atoms with E-state index < -0.39 is 11.4 Å². The lowest BCUT2D eigenvalue weighted by Gasteiger charge is -2.10. The van der Waals surface area contributed by atoms with E-state index in [1.54, 1.807) is 31.2 Å². The van der Waals surface area contributed by atoms with Gasteiger partial charge in [0, 0.05) is 22.3 Å². The number of esters is 1. The number of carbonyl (C=O) groups excluding carboxylic acids is 1. The van der Waals surface area contributed by atoms with Gasteiger partial charge >= 0.3 is 5.97 Å². The van der Waals surface area contributed by atoms with Crippen LogP contribution in [0.4, 0.5) is 0 Å². The van der Waals surface area contributed by atoms with Gasteiger partial charge in [-0.1, -0.05) is 35.0 Å². The molecular formula is C21H15ClN4O4. The molecular weight excluding hydrogens is 408 g/mol. The van der Waals surface area contributed by atoms with Crippen LogP contribution in [0.3, 0.4) is 0 Å². The van der Waals surface area contributed by atoms with Crippen molar-refractivity contribution in [3.63, 3.8) is 0 Å². The van der Waals surface area contributed by atoms with E-state index in [0.717, 1.165) is 0 Å². The molecule has 9 heteroatoms. The highest BCUT2D eigenvalue weighted by Crippen LogP contribution is 2.19. The third-order valence-electron chi connectivity index (χ3n) is 4.20. The van der Waals surface area contributed by atoms with Gasteiger partial charge in [0.2, 0.25) is 16.9 Å². The third kappa shape index (κ3) is 4.13. The Morgan fingerprint density at radius 1 is 1.13 bits per heavy atom. The summed E-state index contributed by atoms with van der Waals surface area (Å²) >= 11 is 5.86. The maximum absolute atomic E-state index is 12.4. The summed E-state index contributed by atoms with van der Waals surface area (Å²) in [4.78, 5) is 28.9. The van der Waals surface area contributed by atoms with Gasteiger partial charge in [-0.05, 0) is 43.3 Å². The molecule has 4 rings (SSSR count). The molecule has 0 aliphatic rings. The summed E-state index contributed by atoms with van der Waals surface area (Å²) in [6.45, 7) is 1.44. The second-order valence-electron chi connectivity index (χ2n) is 6.34. The lowest BCUT2D eigenvalue weighted by Crippen LogP contribution is -2.24. The van der Waals surface area contributed by atoms with E-state index >= 15 is 0 Å². The zero-order valence-corrected chi connectivity index (χ0v) is 16.5. The van der Waals surface area contributed by atoms with Crippen molar-refractivity contribution in [3.8, 4) is 17.1 Å². The van der Waals surface area contributed by atoms with E-state index in [1.165, 1.54) is 10.7 Å². The third-order valence-corrected chi connectivity index (χ3v) is 4.45. The maximum Gasteiger partial charge on any atom is 0.363 e. The average Bonchev–Trinajstić information content (AvgIpc) is 3.22. The van der Waals surface area contributed by atoms with E-state index in [4.69, 9.17) is 20.9 Å². The van der Waals surface area contributed by atoms with Gasteiger partial charge in [0.1, 0.15) is 0 Å². The number of halogens is 1. The Hall–Kier alpha value is -3.78. The van der Waals surface area contributed by atoms with Crippen LogP contribution in [0.2, 0.25) is 5.02 Å². The number of benzene rings is 2. The van der Waals surface area contributed by atoms with Gasteiger partial charge in [0.05, 0.1) is 5.69 Å². The van der Waals surface area contributed by atoms with Gasteiger partial charge in [-0.25, -0.2) is 9.48 Å². The Bertz CT molecular complexity index is 1250. The minimum absolute atomic E-state index is 0.0868. The number of nitrogens with zero attached hydrogens (tertiary/aromatic N) is 4. The Balaban J connectivity index is 1.51. The Morgan fingerprint density at radius 2 is 1.87 bits per heavy atom. The smallest absolute Gasteiger partial charge is 0.363 e. The van der Waals surface area contributed by atoms with Crippen LogP contribution in [-0.4, -0.2) is 25.9 Å². The zero-order chi connectivity index (χ0) is 21.1. The predicted molar refractivity (Wildman–Crippen MR) is 108 cm³/mol. The van der Waals surface area contributed by atoms with Crippen LogP contribution < -0.4 is 5.43 Å². The standard InChI is InChI=1S/C21H15ClN4O4/c1-13-11-17(27)19(24-26(13)16-5-3-2-4-6-16)21(28)29-12-18-23-20(25-30-18)14-7-9-15(22)10-8-14/h2-11H,12H2,1H3. The number of aromatic nitrogens is 4. The fourth-order valence-electron chi connectivity index (χ4n) is 2.74. The minimum atomic E-state index is -0.879. The molecule has 2 aromatic carbocycles. The summed E-state index contributed by atoms with van der Waals surface area (Å²) in [6.07, 6.45) is 0. The highest BCUT2D eigenvalue weighted by Gasteiger charge is 2.18. The van der Waals surface area contributed by atoms with Gasteiger partial charge < -0.3 is 9.26 Å². The van der Waals surface area contributed by atoms with Crippen LogP contribution >= 0.6 is 11.6 Å². The number of aryl methyl sites for hydroxylation is 1. The molecule has 0 saturated carbocycles. The molecule has 0 radical (unpaired) electrons. The SMILES string of the molecule is Cc1cc(=O)c(C(=O)OCc2nc(-c3ccc(Cl)cc3)no2)nn1-c1ccccc1. The summed E-state index contributed by atoms with van der Waals surface area (Å²) in [5.74, 6) is -0.461. The van der Waals surface area contributed by atoms with Crippen LogP contribution in [0, 0.1) is 6.92 Å². The van der Waals surface area contributed by atoms with Crippen molar-refractivity contribution in [2.45, 2.75) is 13.5 Å². The molecule has 0 unspecified atom stereocenters. The fraction of sp³-hybridized carbons (Fsp3) is 0.0952. The molecule has 8 nitrogen and oxygen atoms in total. The first-order valence-corrected chi connectivity index (χ1v) is 9.31. The zero-order valence-electron chi connectivity index (χ0n) is 15.8. The number of hydrogen-bond acceptors (Lipinski definition) is 7. The van der Waals surface area contributed by atoms with Crippen molar-refractivity contribution in [2.24, 2.45) is 0 Å². The van der Waals surface area contributed by atoms with E-state index in [2.05, 4.69) is 15.2 Å². The van der Waals surface area contributed by atoms with Crippen molar-refractivity contribution in [1.82, 2.24) is 19.9 Å². The van der Waals surface area contributed by atoms with Crippen molar-refractivity contribution in [3.05, 3.63) is 93.2 Å². The molecule has 0 N–H and O–H groups in total. The Morgan fingerprint density at radius 3 is 2.60 bits per heavy atom. The number of carbonyl (C=O) groups is 1. The van der Waals surface area contributed by atoms with Crippen LogP contribution in [0.25, 0.3) is 17.1 Å². The molecule has 2 aromatic heterocycles. The quantitative estimate of drug-likeness (QED) is 0.453. The fourth-order valence-corrected chi connectivity index (χ4v) is 2.87. The van der Waals surface area contributed by atoms with Crippen molar-refractivity contribution < 1.29 is 14.1 Å². The largest absolute Gasteiger partial charge is 0.451 e. The highest BCUT2D eigenvalue weighted by atomic mass is 35.5. The molecule has 0 aliphatic carbocycles. The molecule has 0 fully saturated rings. The van der Waals surface area contributed by atoms with E-state index in [9.17, 15) is 9.59 Å². The highest BCUT2D eigenvalue weighted by molar-refractivity contribution is 6.30. The summed E-state index contributed by atoms with van der Waals surface area (Å²) < 4.78 is 11.8. The molecule has 0 aliphatic heterocycles. The lowest BCUT2D eigenvalue weighted by molar-refractivity contribution is 0.0419. The molecule has 30 heavy (non-hydrogen) atoms. The van der Waals surface area contributed by atoms with Gasteiger partial charge in [-0.3, -0.25) is 4.79 Å². The second-order valence-corrected chi connectivity index (χ2v) is 6.78. The summed E-state index contributed by atoms with van der Waals surface area (Å²) in [7, 11) is 0. The van der Waals surface area contributed by atoms with Gasteiger partial charge in [0.25, 0.3) is 5.89 Å². The summed E-state index contributed by atoms with van der Waals surface area (Å²) in [5, 5.41) is 8.60. The molecule has 2 heterocycles. The molecule has 0 amide bonds. The van der Waals surface area contributed by atoms with Crippen LogP contribution in [0.15, 0.2) is 70.0 Å². The van der Waals surface area contributed by atoms with Crippen LogP contribution in [0.1, 0.15) is 22.1 Å². The number of rotatable bonds is 5. The van der Waals surface area contributed by atoms with E-state index in [1.807, 2.05) is 30.3 Å². The second kappa shape index (κ2) is 8.30. The average molecular weight is 423 g/mol. The van der Waals surface area contributed by atoms with Gasteiger partial charge in [-0.15, -0.1) is 0 Å². The number of para-hydroxylation sites is 1. The molecule has 150 valence electrons. The molecule has 0 atom stereocenters. The van der Waals surface area contributed by atoms with E-state index in [0.29, 0.717) is 27.8 Å². The minimum Gasteiger partial charge on any atom is -0.451 e. The monoisotopic (exact) mass is 422 g/mol. The normalized spacial score (nSPS) is 10.7.